The summed E-state index contributed by atoms with van der Waals surface area (Å²) in [4.78, 5) is 0. The van der Waals surface area contributed by atoms with E-state index in [1.54, 1.807) is 13.8 Å². The molecule has 1 aromatic carbocycles. The van der Waals surface area contributed by atoms with Crippen LogP contribution >= 0.6 is 0 Å². The van der Waals surface area contributed by atoms with Crippen LogP contribution < -0.4 is 5.32 Å². The van der Waals surface area contributed by atoms with E-state index in [4.69, 9.17) is 10.4 Å². The Morgan fingerprint density at radius 2 is 1.88 bits per heavy atom. The Morgan fingerprint density at radius 3 is 2.47 bits per heavy atom. The summed E-state index contributed by atoms with van der Waals surface area (Å²) < 4.78 is 0. The Labute approximate surface area is 99.9 Å². The van der Waals surface area contributed by atoms with Crippen molar-refractivity contribution in [2.24, 2.45) is 5.41 Å². The third kappa shape index (κ3) is 3.26. The third-order valence-corrected chi connectivity index (χ3v) is 2.40. The molecule has 17 heavy (non-hydrogen) atoms. The number of nitrogens with one attached hydrogen (secondary N) is 1. The molecule has 92 valence electrons. The fraction of sp³-hybridized carbons (Fsp3) is 0.417. The monoisotopic (exact) mass is 236 g/mol. The van der Waals surface area contributed by atoms with Crippen molar-refractivity contribution in [2.75, 3.05) is 6.54 Å². The number of hydrogen-bond acceptors (Lipinski definition) is 5. The van der Waals surface area contributed by atoms with Crippen LogP contribution in [0.1, 0.15) is 19.4 Å². The normalized spacial score (nSPS) is 11.1. The average molecular weight is 236 g/mol. The molecule has 0 fully saturated rings. The summed E-state index contributed by atoms with van der Waals surface area (Å²) in [7, 11) is 0. The number of hydrogen-bond donors (Lipinski definition) is 4. The van der Waals surface area contributed by atoms with E-state index in [1.165, 1.54) is 12.1 Å². The molecule has 5 nitrogen and oxygen atoms in total. The van der Waals surface area contributed by atoms with Gasteiger partial charge < -0.3 is 20.6 Å². The van der Waals surface area contributed by atoms with Crippen molar-refractivity contribution in [3.05, 3.63) is 17.7 Å². The largest absolute Gasteiger partial charge is 0.504 e. The molecule has 0 amide bonds. The number of benzene rings is 1. The van der Waals surface area contributed by atoms with E-state index in [9.17, 15) is 10.2 Å². The molecular weight excluding hydrogens is 220 g/mol. The highest BCUT2D eigenvalue weighted by atomic mass is 16.3. The zero-order valence-corrected chi connectivity index (χ0v) is 9.86. The van der Waals surface area contributed by atoms with Crippen molar-refractivity contribution in [2.45, 2.75) is 20.4 Å². The zero-order valence-electron chi connectivity index (χ0n) is 9.86. The standard InChI is InChI=1S/C12H16N2O3/c1-12(2,6-13)7-14-5-8-3-4-9(15)11(17)10(8)16/h3-4,14-17H,5,7H2,1-2H3. The van der Waals surface area contributed by atoms with Gasteiger partial charge in [-0.15, -0.1) is 0 Å². The summed E-state index contributed by atoms with van der Waals surface area (Å²) in [6.07, 6.45) is 0. The predicted octanol–water partition coefficient (Wildman–Crippen LogP) is 1.44. The molecule has 0 atom stereocenters. The highest BCUT2D eigenvalue weighted by Gasteiger charge is 2.16. The van der Waals surface area contributed by atoms with E-state index in [0.29, 0.717) is 18.7 Å². The molecule has 0 heterocycles. The quantitative estimate of drug-likeness (QED) is 0.593. The predicted molar refractivity (Wildman–Crippen MR) is 62.5 cm³/mol. The van der Waals surface area contributed by atoms with Gasteiger partial charge in [0.2, 0.25) is 5.75 Å². The van der Waals surface area contributed by atoms with Crippen LogP contribution in [0, 0.1) is 16.7 Å². The minimum Gasteiger partial charge on any atom is -0.504 e. The van der Waals surface area contributed by atoms with E-state index in [2.05, 4.69) is 11.4 Å². The van der Waals surface area contributed by atoms with Crippen molar-refractivity contribution in [1.29, 1.82) is 5.26 Å². The summed E-state index contributed by atoms with van der Waals surface area (Å²) >= 11 is 0. The van der Waals surface area contributed by atoms with Gasteiger partial charge in [-0.2, -0.15) is 5.26 Å². The van der Waals surface area contributed by atoms with Crippen LogP contribution in [0.2, 0.25) is 0 Å². The molecule has 0 aliphatic rings. The van der Waals surface area contributed by atoms with E-state index in [0.717, 1.165) is 0 Å². The van der Waals surface area contributed by atoms with Crippen molar-refractivity contribution in [3.63, 3.8) is 0 Å². The number of nitrogens with zero attached hydrogens (tertiary/aromatic N) is 1. The SMILES string of the molecule is CC(C)(C#N)CNCc1ccc(O)c(O)c1O. The number of aromatic hydroxyl groups is 3. The van der Waals surface area contributed by atoms with Crippen molar-refractivity contribution in [1.82, 2.24) is 5.32 Å². The van der Waals surface area contributed by atoms with Gasteiger partial charge in [-0.05, 0) is 19.9 Å². The maximum Gasteiger partial charge on any atom is 0.200 e. The second-order valence-electron chi connectivity index (χ2n) is 4.54. The van der Waals surface area contributed by atoms with Gasteiger partial charge in [0, 0.05) is 18.7 Å². The lowest BCUT2D eigenvalue weighted by atomic mass is 9.96. The van der Waals surface area contributed by atoms with Gasteiger partial charge in [-0.25, -0.2) is 0 Å². The number of phenols is 3. The van der Waals surface area contributed by atoms with E-state index in [-0.39, 0.29) is 11.5 Å². The molecule has 1 aromatic rings. The molecule has 0 aliphatic heterocycles. The Balaban J connectivity index is 2.66. The van der Waals surface area contributed by atoms with Crippen LogP contribution in [0.3, 0.4) is 0 Å². The maximum atomic E-state index is 9.55. The topological polar surface area (TPSA) is 96.5 Å². The first-order valence-electron chi connectivity index (χ1n) is 5.22. The minimum atomic E-state index is -0.524. The Hall–Kier alpha value is -1.93. The lowest BCUT2D eigenvalue weighted by Crippen LogP contribution is -2.27. The highest BCUT2D eigenvalue weighted by molar-refractivity contribution is 5.52. The van der Waals surface area contributed by atoms with Gasteiger partial charge in [-0.1, -0.05) is 6.07 Å². The van der Waals surface area contributed by atoms with E-state index in [1.807, 2.05) is 0 Å². The van der Waals surface area contributed by atoms with Crippen LogP contribution in [-0.4, -0.2) is 21.9 Å². The van der Waals surface area contributed by atoms with Crippen LogP contribution in [-0.2, 0) is 6.54 Å². The van der Waals surface area contributed by atoms with Crippen LogP contribution in [0.15, 0.2) is 12.1 Å². The van der Waals surface area contributed by atoms with Gasteiger partial charge in [0.15, 0.2) is 11.5 Å². The molecule has 4 N–H and O–H groups in total. The number of rotatable bonds is 4. The average Bonchev–Trinajstić information content (AvgIpc) is 2.29. The van der Waals surface area contributed by atoms with E-state index < -0.39 is 11.2 Å². The summed E-state index contributed by atoms with van der Waals surface area (Å²) in [5.41, 5.74) is -0.0248. The van der Waals surface area contributed by atoms with Crippen LogP contribution in [0.4, 0.5) is 0 Å². The molecule has 0 saturated heterocycles. The molecule has 5 heteroatoms. The summed E-state index contributed by atoms with van der Waals surface area (Å²) in [5, 5.41) is 39.8. The Bertz CT molecular complexity index is 450. The Morgan fingerprint density at radius 1 is 1.24 bits per heavy atom. The number of nitriles is 1. The summed E-state index contributed by atoms with van der Waals surface area (Å²) in [6, 6.07) is 4.97. The molecule has 0 radical (unpaired) electrons. The molecule has 0 spiro atoms. The van der Waals surface area contributed by atoms with Gasteiger partial charge in [0.25, 0.3) is 0 Å². The van der Waals surface area contributed by atoms with Gasteiger partial charge in [0.1, 0.15) is 0 Å². The summed E-state index contributed by atoms with van der Waals surface area (Å²) in [6.45, 7) is 4.37. The van der Waals surface area contributed by atoms with Gasteiger partial charge in [0.05, 0.1) is 11.5 Å². The van der Waals surface area contributed by atoms with Crippen molar-refractivity contribution < 1.29 is 15.3 Å². The van der Waals surface area contributed by atoms with Gasteiger partial charge in [-0.3, -0.25) is 0 Å². The van der Waals surface area contributed by atoms with E-state index >= 15 is 0 Å². The fourth-order valence-corrected chi connectivity index (χ4v) is 1.30. The smallest absolute Gasteiger partial charge is 0.200 e. The lowest BCUT2D eigenvalue weighted by molar-refractivity contribution is 0.362. The van der Waals surface area contributed by atoms with Crippen LogP contribution in [0.25, 0.3) is 0 Å². The minimum absolute atomic E-state index is 0.310. The lowest BCUT2D eigenvalue weighted by Gasteiger charge is -2.16. The molecule has 0 aliphatic carbocycles. The second-order valence-corrected chi connectivity index (χ2v) is 4.54. The fourth-order valence-electron chi connectivity index (χ4n) is 1.30. The first-order valence-corrected chi connectivity index (χ1v) is 5.22. The first-order chi connectivity index (χ1) is 7.87. The molecule has 0 bridgehead atoms. The first kappa shape index (κ1) is 13.1. The van der Waals surface area contributed by atoms with Crippen LogP contribution in [0.5, 0.6) is 17.2 Å². The molecule has 0 unspecified atom stereocenters. The maximum absolute atomic E-state index is 9.55. The molecule has 0 aromatic heterocycles. The zero-order chi connectivity index (χ0) is 13.1. The second kappa shape index (κ2) is 4.93. The van der Waals surface area contributed by atoms with Crippen molar-refractivity contribution in [3.8, 4) is 23.3 Å². The highest BCUT2D eigenvalue weighted by Crippen LogP contribution is 2.36. The molecule has 1 rings (SSSR count). The molecule has 0 saturated carbocycles. The number of phenolic OH excluding ortho intramolecular Hbond substituents is 3. The van der Waals surface area contributed by atoms with Gasteiger partial charge >= 0.3 is 0 Å². The molecular formula is C12H16N2O3. The third-order valence-electron chi connectivity index (χ3n) is 2.40. The Kier molecular flexibility index (Phi) is 3.81. The summed E-state index contributed by atoms with van der Waals surface area (Å²) in [5.74, 6) is -1.22. The van der Waals surface area contributed by atoms with Crippen molar-refractivity contribution >= 4 is 0 Å².